The topological polar surface area (TPSA) is 52.6 Å². The zero-order chi connectivity index (χ0) is 9.84. The van der Waals surface area contributed by atoms with E-state index in [1.165, 1.54) is 0 Å². The summed E-state index contributed by atoms with van der Waals surface area (Å²) in [5.41, 5.74) is -0.358. The molecule has 0 aliphatic heterocycles. The summed E-state index contributed by atoms with van der Waals surface area (Å²) in [7, 11) is 7.75. The van der Waals surface area contributed by atoms with Gasteiger partial charge in [0.25, 0.3) is 0 Å². The van der Waals surface area contributed by atoms with Gasteiger partial charge in [-0.1, -0.05) is 0 Å². The quantitative estimate of drug-likeness (QED) is 0.507. The van der Waals surface area contributed by atoms with Crippen molar-refractivity contribution in [2.75, 3.05) is 0 Å². The first-order chi connectivity index (χ1) is 6.28. The summed E-state index contributed by atoms with van der Waals surface area (Å²) in [6, 6.07) is 0. The second-order valence-corrected chi connectivity index (χ2v) is 3.99. The van der Waals surface area contributed by atoms with Gasteiger partial charge in [0, 0.05) is 0 Å². The molecule has 1 saturated carbocycles. The monoisotopic (exact) mass is 216 g/mol. The molecule has 0 N–H and O–H groups in total. The van der Waals surface area contributed by atoms with Crippen LogP contribution >= 0.6 is 17.9 Å². The molecule has 0 spiro atoms. The minimum atomic E-state index is -0.399. The fraction of sp³-hybridized carbons (Fsp3) is 1.00. The van der Waals surface area contributed by atoms with E-state index in [0.29, 0.717) is 6.42 Å². The first-order valence-electron chi connectivity index (χ1n) is 3.77. The van der Waals surface area contributed by atoms with Crippen LogP contribution in [-0.2, 0) is 18.4 Å². The van der Waals surface area contributed by atoms with Crippen LogP contribution in [0.1, 0.15) is 6.42 Å². The molecule has 1 aliphatic rings. The third-order valence-electron chi connectivity index (χ3n) is 2.27. The van der Waals surface area contributed by atoms with Gasteiger partial charge in [0.15, 0.2) is 0 Å². The van der Waals surface area contributed by atoms with Gasteiger partial charge < -0.3 is 0 Å². The second kappa shape index (κ2) is 5.31. The molecular weight excluding hydrogens is 208 g/mol. The summed E-state index contributed by atoms with van der Waals surface area (Å²) in [6.45, 7) is 0. The van der Waals surface area contributed by atoms with Gasteiger partial charge in [0.2, 0.25) is 0 Å². The molecule has 0 heterocycles. The van der Waals surface area contributed by atoms with Gasteiger partial charge in [-0.25, -0.2) is 0 Å². The van der Waals surface area contributed by atoms with Crippen LogP contribution in [0.3, 0.4) is 0 Å². The molecule has 4 nitrogen and oxygen atoms in total. The van der Waals surface area contributed by atoms with Crippen molar-refractivity contribution in [2.45, 2.75) is 30.1 Å². The molecule has 2 radical (unpaired) electrons. The fourth-order valence-corrected chi connectivity index (χ4v) is 2.79. The SMILES string of the molecule is [B]O[C@@H]1C[C@H](B=O)[C@H](P=O)[C@@H]1OP. The Labute approximate surface area is 82.3 Å². The van der Waals surface area contributed by atoms with Gasteiger partial charge in [-0.2, -0.15) is 0 Å². The van der Waals surface area contributed by atoms with E-state index in [1.807, 2.05) is 0 Å². The van der Waals surface area contributed by atoms with Crippen LogP contribution in [-0.4, -0.2) is 33.1 Å². The maximum atomic E-state index is 10.8. The van der Waals surface area contributed by atoms with Crippen molar-refractivity contribution in [1.82, 2.24) is 0 Å². The molecule has 0 saturated heterocycles. The standard InChI is InChI=1S/C5H8B2O4P2/c6-10-3-1-2(7-8)5(13-9)4(3)11-12/h2-5H,1,12H2/t2-,3+,4+,5-/m0/s1. The van der Waals surface area contributed by atoms with Gasteiger partial charge >= 0.3 is 81.7 Å². The van der Waals surface area contributed by atoms with Crippen molar-refractivity contribution in [3.05, 3.63) is 0 Å². The van der Waals surface area contributed by atoms with Gasteiger partial charge in [0.05, 0.1) is 0 Å². The molecule has 0 amide bonds. The Kier molecular flexibility index (Phi) is 4.68. The number of hydrogen-bond donors (Lipinski definition) is 0. The van der Waals surface area contributed by atoms with E-state index < -0.39 is 6.10 Å². The van der Waals surface area contributed by atoms with Crippen LogP contribution in [0.15, 0.2) is 0 Å². The summed E-state index contributed by atoms with van der Waals surface area (Å²) in [5, 5.41) is 0. The molecule has 1 rings (SSSR count). The van der Waals surface area contributed by atoms with Gasteiger partial charge in [-0.05, 0) is 0 Å². The first-order valence-corrected chi connectivity index (χ1v) is 5.12. The molecular formula is C5H8B2O4P2. The van der Waals surface area contributed by atoms with E-state index in [1.54, 1.807) is 0 Å². The zero-order valence-electron chi connectivity index (χ0n) is 6.83. The summed E-state index contributed by atoms with van der Waals surface area (Å²) in [5.74, 6) is -0.307. The molecule has 0 aromatic heterocycles. The van der Waals surface area contributed by atoms with E-state index in [0.717, 1.165) is 7.15 Å². The molecule has 13 heavy (non-hydrogen) atoms. The van der Waals surface area contributed by atoms with Crippen molar-refractivity contribution in [2.24, 2.45) is 0 Å². The Morgan fingerprint density at radius 1 is 1.62 bits per heavy atom. The van der Waals surface area contributed by atoms with Crippen molar-refractivity contribution < 1.29 is 18.4 Å². The Morgan fingerprint density at radius 3 is 2.69 bits per heavy atom. The van der Waals surface area contributed by atoms with E-state index in [9.17, 15) is 9.27 Å². The average molecular weight is 216 g/mol. The van der Waals surface area contributed by atoms with Gasteiger partial charge in [-0.15, -0.1) is 0 Å². The van der Waals surface area contributed by atoms with E-state index in [4.69, 9.17) is 12.6 Å². The second-order valence-electron chi connectivity index (χ2n) is 2.91. The number of hydrogen-bond acceptors (Lipinski definition) is 4. The van der Waals surface area contributed by atoms with Gasteiger partial charge in [-0.3, -0.25) is 0 Å². The Morgan fingerprint density at radius 2 is 2.31 bits per heavy atom. The van der Waals surface area contributed by atoms with Crippen molar-refractivity contribution in [3.8, 4) is 0 Å². The van der Waals surface area contributed by atoms with Crippen LogP contribution in [0.4, 0.5) is 0 Å². The normalized spacial score (nSPS) is 39.2. The predicted octanol–water partition coefficient (Wildman–Crippen LogP) is 0.533. The van der Waals surface area contributed by atoms with Crippen LogP contribution in [0.25, 0.3) is 0 Å². The van der Waals surface area contributed by atoms with Crippen molar-refractivity contribution >= 4 is 33.1 Å². The molecule has 0 aromatic rings. The molecule has 68 valence electrons. The Hall–Kier alpha value is 0.380. The summed E-state index contributed by atoms with van der Waals surface area (Å²) >= 11 is 0. The first kappa shape index (κ1) is 11.5. The van der Waals surface area contributed by atoms with E-state index in [-0.39, 0.29) is 26.0 Å². The summed E-state index contributed by atoms with van der Waals surface area (Å²) < 4.78 is 31.0. The molecule has 0 bridgehead atoms. The third kappa shape index (κ3) is 2.24. The van der Waals surface area contributed by atoms with E-state index >= 15 is 0 Å². The summed E-state index contributed by atoms with van der Waals surface area (Å²) in [4.78, 5) is 0. The number of rotatable bonds is 4. The average Bonchev–Trinajstić information content (AvgIpc) is 2.54. The Bertz CT molecular complexity index is 205. The van der Waals surface area contributed by atoms with Gasteiger partial charge in [0.1, 0.15) is 0 Å². The van der Waals surface area contributed by atoms with E-state index in [2.05, 4.69) is 14.1 Å². The van der Waals surface area contributed by atoms with Crippen LogP contribution in [0.2, 0.25) is 5.82 Å². The summed E-state index contributed by atoms with van der Waals surface area (Å²) in [6.07, 6.45) is -0.303. The Balaban J connectivity index is 2.76. The molecule has 0 aromatic carbocycles. The maximum absolute atomic E-state index is 10.8. The molecule has 1 fully saturated rings. The molecule has 5 atom stereocenters. The van der Waals surface area contributed by atoms with Crippen LogP contribution < -0.4 is 0 Å². The predicted molar refractivity (Wildman–Crippen MR) is 51.4 cm³/mol. The van der Waals surface area contributed by atoms with Crippen LogP contribution in [0, 0.1) is 0 Å². The zero-order valence-corrected chi connectivity index (χ0v) is 8.88. The van der Waals surface area contributed by atoms with Crippen molar-refractivity contribution in [1.29, 1.82) is 0 Å². The van der Waals surface area contributed by atoms with Crippen molar-refractivity contribution in [3.63, 3.8) is 0 Å². The third-order valence-corrected chi connectivity index (χ3v) is 3.51. The molecule has 1 aliphatic carbocycles. The fourth-order valence-electron chi connectivity index (χ4n) is 1.58. The molecule has 8 heteroatoms. The minimum absolute atomic E-state index is 0.109. The molecule has 1 unspecified atom stereocenters. The van der Waals surface area contributed by atoms with Crippen LogP contribution in [0.5, 0.6) is 0 Å².